The third-order valence-electron chi connectivity index (χ3n) is 3.37. The first-order valence-electron chi connectivity index (χ1n) is 8.07. The lowest BCUT2D eigenvalue weighted by molar-refractivity contribution is -0.253. The summed E-state index contributed by atoms with van der Waals surface area (Å²) in [6.45, 7) is 0.622. The molecule has 0 aromatic heterocycles. The molecule has 0 saturated carbocycles. The van der Waals surface area contributed by atoms with E-state index in [4.69, 9.17) is 32.7 Å². The van der Waals surface area contributed by atoms with Gasteiger partial charge < -0.3 is 19.3 Å². The molecule has 0 atom stereocenters. The molecule has 10 heteroatoms. The Hall–Kier alpha value is -2.06. The van der Waals surface area contributed by atoms with E-state index in [0.717, 1.165) is 12.1 Å². The molecule has 0 heterocycles. The number of rotatable bonds is 10. The van der Waals surface area contributed by atoms with Crippen molar-refractivity contribution in [2.75, 3.05) is 13.2 Å². The number of aromatic hydroxyl groups is 1. The predicted octanol–water partition coefficient (Wildman–Crippen LogP) is 6.17. The van der Waals surface area contributed by atoms with Crippen molar-refractivity contribution in [3.8, 4) is 23.0 Å². The van der Waals surface area contributed by atoms with Crippen LogP contribution >= 0.6 is 23.2 Å². The predicted molar refractivity (Wildman–Crippen MR) is 96.4 cm³/mol. The highest BCUT2D eigenvalue weighted by molar-refractivity contribution is 6.37. The lowest BCUT2D eigenvalue weighted by atomic mass is 10.3. The molecule has 0 spiro atoms. The second kappa shape index (κ2) is 9.93. The maximum atomic E-state index is 12.8. The van der Waals surface area contributed by atoms with Gasteiger partial charge >= 0.3 is 12.5 Å². The van der Waals surface area contributed by atoms with E-state index in [1.165, 1.54) is 24.3 Å². The average Bonchev–Trinajstić information content (AvgIpc) is 2.60. The molecular weight excluding hydrogens is 427 g/mol. The third kappa shape index (κ3) is 6.53. The van der Waals surface area contributed by atoms with Gasteiger partial charge in [-0.2, -0.15) is 17.6 Å². The first-order valence-corrected chi connectivity index (χ1v) is 8.83. The summed E-state index contributed by atoms with van der Waals surface area (Å²) in [5.41, 5.74) is 0. The first-order chi connectivity index (χ1) is 13.2. The highest BCUT2D eigenvalue weighted by Gasteiger charge is 2.43. The summed E-state index contributed by atoms with van der Waals surface area (Å²) in [5, 5.41) is 9.74. The number of hydrogen-bond acceptors (Lipinski definition) is 4. The van der Waals surface area contributed by atoms with Gasteiger partial charge in [0, 0.05) is 12.1 Å². The maximum absolute atomic E-state index is 12.8. The molecule has 0 radical (unpaired) electrons. The van der Waals surface area contributed by atoms with Crippen LogP contribution in [-0.4, -0.2) is 30.9 Å². The average molecular weight is 443 g/mol. The largest absolute Gasteiger partial charge is 0.508 e. The fraction of sp³-hybridized carbons (Fsp3) is 0.333. The number of phenolic OH excluding ortho intramolecular Hbond substituents is 1. The van der Waals surface area contributed by atoms with Crippen molar-refractivity contribution in [2.24, 2.45) is 0 Å². The van der Waals surface area contributed by atoms with Gasteiger partial charge in [0.15, 0.2) is 5.75 Å². The summed E-state index contributed by atoms with van der Waals surface area (Å²) in [4.78, 5) is 0. The number of ether oxygens (including phenoxy) is 3. The van der Waals surface area contributed by atoms with E-state index in [-0.39, 0.29) is 21.5 Å². The van der Waals surface area contributed by atoms with Crippen molar-refractivity contribution < 1.29 is 36.9 Å². The molecule has 0 fully saturated rings. The Morgan fingerprint density at radius 2 is 1.39 bits per heavy atom. The summed E-state index contributed by atoms with van der Waals surface area (Å²) in [5.74, 6) is 0.190. The highest BCUT2D eigenvalue weighted by Crippen LogP contribution is 2.36. The zero-order valence-electron chi connectivity index (χ0n) is 14.3. The molecule has 154 valence electrons. The Bertz CT molecular complexity index is 750. The molecule has 0 aliphatic rings. The molecule has 2 aromatic rings. The number of alkyl halides is 4. The van der Waals surface area contributed by atoms with Gasteiger partial charge in [0.2, 0.25) is 0 Å². The van der Waals surface area contributed by atoms with E-state index in [1.807, 2.05) is 0 Å². The van der Waals surface area contributed by atoms with Crippen LogP contribution in [0.15, 0.2) is 36.4 Å². The number of phenols is 1. The van der Waals surface area contributed by atoms with Crippen LogP contribution in [0.25, 0.3) is 0 Å². The normalized spacial score (nSPS) is 11.5. The minimum atomic E-state index is -4.55. The number of unbranched alkanes of at least 4 members (excludes halogenated alkanes) is 1. The molecule has 2 aromatic carbocycles. The van der Waals surface area contributed by atoms with Crippen LogP contribution in [0.2, 0.25) is 10.0 Å². The van der Waals surface area contributed by atoms with Crippen molar-refractivity contribution >= 4 is 23.2 Å². The quantitative estimate of drug-likeness (QED) is 0.352. The molecule has 4 nitrogen and oxygen atoms in total. The summed E-state index contributed by atoms with van der Waals surface area (Å²) >= 11 is 11.9. The summed E-state index contributed by atoms with van der Waals surface area (Å²) in [6.07, 6.45) is -7.26. The van der Waals surface area contributed by atoms with Crippen LogP contribution in [0.4, 0.5) is 17.6 Å². The summed E-state index contributed by atoms with van der Waals surface area (Å²) in [7, 11) is 0. The zero-order valence-corrected chi connectivity index (χ0v) is 15.8. The Morgan fingerprint density at radius 1 is 0.893 bits per heavy atom. The standard InChI is InChI=1S/C18H16Cl2F4O4/c19-14-9-11(25)10-15(20)16(14)27-8-2-1-7-26-12-3-5-13(6-4-12)28-18(23,24)17(21)22/h3-6,9-10,17,25H,1-2,7-8H2. The fourth-order valence-corrected chi connectivity index (χ4v) is 2.64. The summed E-state index contributed by atoms with van der Waals surface area (Å²) < 4.78 is 64.6. The Morgan fingerprint density at radius 3 is 1.93 bits per heavy atom. The molecule has 0 amide bonds. The van der Waals surface area contributed by atoms with Crippen molar-refractivity contribution in [2.45, 2.75) is 25.4 Å². The van der Waals surface area contributed by atoms with Crippen LogP contribution in [0, 0.1) is 0 Å². The maximum Gasteiger partial charge on any atom is 0.461 e. The van der Waals surface area contributed by atoms with Crippen molar-refractivity contribution in [1.82, 2.24) is 0 Å². The molecule has 0 aliphatic carbocycles. The zero-order chi connectivity index (χ0) is 20.7. The second-order valence-corrected chi connectivity index (χ2v) is 6.39. The molecule has 2 rings (SSSR count). The Balaban J connectivity index is 1.70. The highest BCUT2D eigenvalue weighted by atomic mass is 35.5. The van der Waals surface area contributed by atoms with E-state index in [1.54, 1.807) is 0 Å². The van der Waals surface area contributed by atoms with Gasteiger partial charge in [0.05, 0.1) is 23.3 Å². The van der Waals surface area contributed by atoms with Gasteiger partial charge in [-0.3, -0.25) is 0 Å². The minimum absolute atomic E-state index is 0.0647. The SMILES string of the molecule is Oc1cc(Cl)c(OCCCCOc2ccc(OC(F)(F)C(F)F)cc2)c(Cl)c1. The van der Waals surface area contributed by atoms with Crippen LogP contribution in [0.1, 0.15) is 12.8 Å². The van der Waals surface area contributed by atoms with Gasteiger partial charge in [0.25, 0.3) is 0 Å². The van der Waals surface area contributed by atoms with Crippen LogP contribution in [0.5, 0.6) is 23.0 Å². The molecule has 28 heavy (non-hydrogen) atoms. The van der Waals surface area contributed by atoms with Gasteiger partial charge in [-0.1, -0.05) is 23.2 Å². The van der Waals surface area contributed by atoms with Gasteiger partial charge in [-0.15, -0.1) is 0 Å². The molecule has 0 unspecified atom stereocenters. The van der Waals surface area contributed by atoms with E-state index in [2.05, 4.69) is 4.74 Å². The van der Waals surface area contributed by atoms with Crippen molar-refractivity contribution in [1.29, 1.82) is 0 Å². The molecule has 0 saturated heterocycles. The van der Waals surface area contributed by atoms with E-state index >= 15 is 0 Å². The minimum Gasteiger partial charge on any atom is -0.508 e. The number of halogens is 6. The first kappa shape index (κ1) is 22.2. The third-order valence-corrected chi connectivity index (χ3v) is 3.93. The fourth-order valence-electron chi connectivity index (χ4n) is 2.06. The number of benzene rings is 2. The van der Waals surface area contributed by atoms with Crippen molar-refractivity contribution in [3.63, 3.8) is 0 Å². The summed E-state index contributed by atoms with van der Waals surface area (Å²) in [6, 6.07) is 7.53. The Kier molecular flexibility index (Phi) is 7.88. The lowest BCUT2D eigenvalue weighted by Gasteiger charge is -2.16. The Labute approximate surface area is 168 Å². The lowest BCUT2D eigenvalue weighted by Crippen LogP contribution is -2.33. The monoisotopic (exact) mass is 442 g/mol. The van der Waals surface area contributed by atoms with Gasteiger partial charge in [0.1, 0.15) is 17.2 Å². The molecule has 1 N–H and O–H groups in total. The second-order valence-electron chi connectivity index (χ2n) is 5.58. The molecule has 0 aliphatic heterocycles. The smallest absolute Gasteiger partial charge is 0.461 e. The topological polar surface area (TPSA) is 47.9 Å². The van der Waals surface area contributed by atoms with E-state index < -0.39 is 18.3 Å². The van der Waals surface area contributed by atoms with Crippen molar-refractivity contribution in [3.05, 3.63) is 46.4 Å². The van der Waals surface area contributed by atoms with E-state index in [0.29, 0.717) is 31.8 Å². The van der Waals surface area contributed by atoms with Gasteiger partial charge in [-0.05, 0) is 37.1 Å². The van der Waals surface area contributed by atoms with Crippen LogP contribution < -0.4 is 14.2 Å². The van der Waals surface area contributed by atoms with Crippen LogP contribution in [-0.2, 0) is 0 Å². The molecule has 0 bridgehead atoms. The van der Waals surface area contributed by atoms with Crippen LogP contribution in [0.3, 0.4) is 0 Å². The van der Waals surface area contributed by atoms with Gasteiger partial charge in [-0.25, -0.2) is 0 Å². The molecular formula is C18H16Cl2F4O4. The number of hydrogen-bond donors (Lipinski definition) is 1. The van der Waals surface area contributed by atoms with E-state index in [9.17, 15) is 22.7 Å².